The molecule has 0 bridgehead atoms. The highest BCUT2D eigenvalue weighted by Gasteiger charge is 2.17. The monoisotopic (exact) mass is 458 g/mol. The van der Waals surface area contributed by atoms with E-state index in [2.05, 4.69) is 51.0 Å². The summed E-state index contributed by atoms with van der Waals surface area (Å²) in [4.78, 5) is 17.3. The van der Waals surface area contributed by atoms with E-state index in [1.54, 1.807) is 24.3 Å². The first-order valence-corrected chi connectivity index (χ1v) is 12.7. The Morgan fingerprint density at radius 1 is 1.03 bits per heavy atom. The minimum atomic E-state index is -3.43. The summed E-state index contributed by atoms with van der Waals surface area (Å²) >= 11 is 0. The molecule has 2 aromatic carbocycles. The largest absolute Gasteiger partial charge is 0.369 e. The standard InChI is InChI=1S/C24H34N4O3S/c1-20-5-3-6-22(19-20)28-17-15-27(16-18-28)14-4-13-26-24(29)12-9-21-7-10-23(11-8-21)32(30,31)25-2/h3,5-8,10-11,19,25H,4,9,12-18H2,1-2H3,(H,26,29). The van der Waals surface area contributed by atoms with Crippen molar-refractivity contribution in [3.05, 3.63) is 59.7 Å². The van der Waals surface area contributed by atoms with Crippen molar-refractivity contribution in [2.24, 2.45) is 0 Å². The van der Waals surface area contributed by atoms with Crippen LogP contribution in [0.5, 0.6) is 0 Å². The predicted octanol–water partition coefficient (Wildman–Crippen LogP) is 2.16. The number of piperazine rings is 1. The fraction of sp³-hybridized carbons (Fsp3) is 0.458. The highest BCUT2D eigenvalue weighted by molar-refractivity contribution is 7.89. The quantitative estimate of drug-likeness (QED) is 0.534. The van der Waals surface area contributed by atoms with Gasteiger partial charge in [-0.15, -0.1) is 0 Å². The number of hydrogen-bond acceptors (Lipinski definition) is 5. The fourth-order valence-electron chi connectivity index (χ4n) is 3.88. The van der Waals surface area contributed by atoms with Crippen molar-refractivity contribution in [1.82, 2.24) is 14.9 Å². The van der Waals surface area contributed by atoms with Gasteiger partial charge in [-0.25, -0.2) is 13.1 Å². The molecule has 8 heteroatoms. The number of sulfonamides is 1. The Bertz CT molecular complexity index is 985. The van der Waals surface area contributed by atoms with Gasteiger partial charge in [0.05, 0.1) is 4.90 Å². The molecule has 0 unspecified atom stereocenters. The summed E-state index contributed by atoms with van der Waals surface area (Å²) in [6.07, 6.45) is 1.92. The normalized spacial score (nSPS) is 15.0. The minimum absolute atomic E-state index is 0.0289. The molecule has 0 radical (unpaired) electrons. The van der Waals surface area contributed by atoms with E-state index in [4.69, 9.17) is 0 Å². The Kier molecular flexibility index (Phi) is 8.67. The van der Waals surface area contributed by atoms with Crippen LogP contribution in [0.1, 0.15) is 24.0 Å². The number of amides is 1. The summed E-state index contributed by atoms with van der Waals surface area (Å²) in [6, 6.07) is 15.3. The van der Waals surface area contributed by atoms with Gasteiger partial charge in [0.15, 0.2) is 0 Å². The molecule has 0 atom stereocenters. The van der Waals surface area contributed by atoms with Crippen LogP contribution in [0.3, 0.4) is 0 Å². The highest BCUT2D eigenvalue weighted by atomic mass is 32.2. The third kappa shape index (κ3) is 7.05. The Morgan fingerprint density at radius 3 is 2.41 bits per heavy atom. The van der Waals surface area contributed by atoms with Crippen molar-refractivity contribution in [3.8, 4) is 0 Å². The lowest BCUT2D eigenvalue weighted by molar-refractivity contribution is -0.121. The van der Waals surface area contributed by atoms with Crippen LogP contribution in [0, 0.1) is 6.92 Å². The van der Waals surface area contributed by atoms with Gasteiger partial charge >= 0.3 is 0 Å². The summed E-state index contributed by atoms with van der Waals surface area (Å²) in [5, 5.41) is 3.00. The maximum atomic E-state index is 12.1. The van der Waals surface area contributed by atoms with Gasteiger partial charge in [-0.05, 0) is 68.8 Å². The maximum Gasteiger partial charge on any atom is 0.240 e. The molecule has 1 amide bonds. The van der Waals surface area contributed by atoms with E-state index in [1.165, 1.54) is 18.3 Å². The molecule has 2 N–H and O–H groups in total. The zero-order valence-corrected chi connectivity index (χ0v) is 19.8. The lowest BCUT2D eigenvalue weighted by Gasteiger charge is -2.36. The first-order chi connectivity index (χ1) is 15.4. The molecule has 2 aromatic rings. The minimum Gasteiger partial charge on any atom is -0.369 e. The van der Waals surface area contributed by atoms with Crippen molar-refractivity contribution < 1.29 is 13.2 Å². The number of carbonyl (C=O) groups is 1. The van der Waals surface area contributed by atoms with Gasteiger partial charge in [-0.1, -0.05) is 24.3 Å². The molecule has 1 aliphatic heterocycles. The number of carbonyl (C=O) groups excluding carboxylic acids is 1. The van der Waals surface area contributed by atoms with E-state index in [-0.39, 0.29) is 10.8 Å². The average Bonchev–Trinajstić information content (AvgIpc) is 2.81. The molecule has 1 aliphatic rings. The van der Waals surface area contributed by atoms with Crippen LogP contribution in [0.25, 0.3) is 0 Å². The summed E-state index contributed by atoms with van der Waals surface area (Å²) in [6.45, 7) is 7.94. The van der Waals surface area contributed by atoms with Gasteiger partial charge in [0.1, 0.15) is 0 Å². The lowest BCUT2D eigenvalue weighted by atomic mass is 10.1. The number of rotatable bonds is 10. The predicted molar refractivity (Wildman–Crippen MR) is 128 cm³/mol. The molecule has 174 valence electrons. The molecule has 3 rings (SSSR count). The maximum absolute atomic E-state index is 12.1. The van der Waals surface area contributed by atoms with Crippen molar-refractivity contribution in [3.63, 3.8) is 0 Å². The number of aryl methyl sites for hydroxylation is 2. The van der Waals surface area contributed by atoms with Crippen LogP contribution in [-0.2, 0) is 21.2 Å². The van der Waals surface area contributed by atoms with Gasteiger partial charge in [0.2, 0.25) is 15.9 Å². The first-order valence-electron chi connectivity index (χ1n) is 11.2. The Morgan fingerprint density at radius 2 is 1.75 bits per heavy atom. The van der Waals surface area contributed by atoms with Crippen LogP contribution in [0.15, 0.2) is 53.4 Å². The summed E-state index contributed by atoms with van der Waals surface area (Å²) in [7, 11) is -2.04. The van der Waals surface area contributed by atoms with Gasteiger partial charge in [-0.2, -0.15) is 0 Å². The molecule has 1 heterocycles. The summed E-state index contributed by atoms with van der Waals surface area (Å²) in [5.41, 5.74) is 3.54. The molecule has 1 saturated heterocycles. The van der Waals surface area contributed by atoms with E-state index in [1.807, 2.05) is 0 Å². The SMILES string of the molecule is CNS(=O)(=O)c1ccc(CCC(=O)NCCCN2CCN(c3cccc(C)c3)CC2)cc1. The third-order valence-electron chi connectivity index (χ3n) is 5.86. The topological polar surface area (TPSA) is 81.7 Å². The molecular weight excluding hydrogens is 424 g/mol. The zero-order valence-electron chi connectivity index (χ0n) is 19.0. The van der Waals surface area contributed by atoms with Crippen molar-refractivity contribution in [2.75, 3.05) is 51.2 Å². The molecule has 0 saturated carbocycles. The average molecular weight is 459 g/mol. The summed E-state index contributed by atoms with van der Waals surface area (Å²) < 4.78 is 25.8. The molecule has 0 aromatic heterocycles. The molecule has 0 spiro atoms. The van der Waals surface area contributed by atoms with Crippen LogP contribution in [-0.4, -0.2) is 65.5 Å². The van der Waals surface area contributed by atoms with E-state index in [0.29, 0.717) is 19.4 Å². The van der Waals surface area contributed by atoms with E-state index in [9.17, 15) is 13.2 Å². The van der Waals surface area contributed by atoms with Gasteiger partial charge in [0, 0.05) is 44.8 Å². The molecule has 1 fully saturated rings. The number of nitrogens with zero attached hydrogens (tertiary/aromatic N) is 2. The van der Waals surface area contributed by atoms with Gasteiger partial charge < -0.3 is 10.2 Å². The Labute approximate surface area is 191 Å². The molecule has 0 aliphatic carbocycles. The fourth-order valence-corrected chi connectivity index (χ4v) is 4.61. The molecule has 7 nitrogen and oxygen atoms in total. The van der Waals surface area contributed by atoms with Crippen LogP contribution >= 0.6 is 0 Å². The number of anilines is 1. The smallest absolute Gasteiger partial charge is 0.240 e. The van der Waals surface area contributed by atoms with E-state index < -0.39 is 10.0 Å². The van der Waals surface area contributed by atoms with Crippen LogP contribution in [0.4, 0.5) is 5.69 Å². The second kappa shape index (κ2) is 11.4. The third-order valence-corrected chi connectivity index (χ3v) is 7.29. The number of benzene rings is 2. The second-order valence-electron chi connectivity index (χ2n) is 8.22. The Balaban J connectivity index is 1.30. The molecular formula is C24H34N4O3S. The van der Waals surface area contributed by atoms with Crippen LogP contribution in [0.2, 0.25) is 0 Å². The lowest BCUT2D eigenvalue weighted by Crippen LogP contribution is -2.47. The second-order valence-corrected chi connectivity index (χ2v) is 10.1. The highest BCUT2D eigenvalue weighted by Crippen LogP contribution is 2.17. The zero-order chi connectivity index (χ0) is 23.0. The number of nitrogens with one attached hydrogen (secondary N) is 2. The van der Waals surface area contributed by atoms with Gasteiger partial charge in [-0.3, -0.25) is 9.69 Å². The Hall–Kier alpha value is -2.42. The van der Waals surface area contributed by atoms with E-state index in [0.717, 1.165) is 44.7 Å². The van der Waals surface area contributed by atoms with Gasteiger partial charge in [0.25, 0.3) is 0 Å². The summed E-state index contributed by atoms with van der Waals surface area (Å²) in [5.74, 6) is 0.0289. The van der Waals surface area contributed by atoms with Crippen LogP contribution < -0.4 is 14.9 Å². The van der Waals surface area contributed by atoms with Crippen molar-refractivity contribution in [1.29, 1.82) is 0 Å². The van der Waals surface area contributed by atoms with Crippen molar-refractivity contribution >= 4 is 21.6 Å². The van der Waals surface area contributed by atoms with Crippen molar-refractivity contribution in [2.45, 2.75) is 31.1 Å². The number of hydrogen-bond donors (Lipinski definition) is 2. The molecule has 32 heavy (non-hydrogen) atoms. The van der Waals surface area contributed by atoms with E-state index >= 15 is 0 Å². The first kappa shape index (κ1) is 24.2.